The molecule has 0 spiro atoms. The van der Waals surface area contributed by atoms with Crippen molar-refractivity contribution in [3.05, 3.63) is 0 Å². The maximum atomic E-state index is 11.0. The number of carbonyl (C=O) groups excluding carboxylic acids is 2. The molecule has 1 aliphatic heterocycles. The van der Waals surface area contributed by atoms with E-state index in [1.54, 1.807) is 6.92 Å². The van der Waals surface area contributed by atoms with E-state index in [1.807, 2.05) is 0 Å². The van der Waals surface area contributed by atoms with E-state index in [-0.39, 0.29) is 6.10 Å². The van der Waals surface area contributed by atoms with Crippen molar-refractivity contribution in [1.29, 1.82) is 0 Å². The summed E-state index contributed by atoms with van der Waals surface area (Å²) in [5.74, 6) is -0.852. The number of rotatable bonds is 3. The Morgan fingerprint density at radius 3 is 2.24 bits per heavy atom. The molecule has 6 nitrogen and oxygen atoms in total. The van der Waals surface area contributed by atoms with Crippen LogP contribution in [0.2, 0.25) is 0 Å². The Morgan fingerprint density at radius 1 is 1.18 bits per heavy atom. The van der Waals surface area contributed by atoms with Crippen LogP contribution >= 0.6 is 0 Å². The number of esters is 2. The lowest BCUT2D eigenvalue weighted by atomic mass is 10.0. The summed E-state index contributed by atoms with van der Waals surface area (Å²) in [6.45, 7) is 4.36. The van der Waals surface area contributed by atoms with E-state index in [1.165, 1.54) is 21.0 Å². The highest BCUT2D eigenvalue weighted by atomic mass is 16.7. The average Bonchev–Trinajstić information content (AvgIpc) is 2.21. The van der Waals surface area contributed by atoms with Crippen molar-refractivity contribution in [1.82, 2.24) is 0 Å². The summed E-state index contributed by atoms with van der Waals surface area (Å²) in [6, 6.07) is 0. The first-order valence-corrected chi connectivity index (χ1v) is 5.46. The quantitative estimate of drug-likeness (QED) is 0.680. The molecule has 17 heavy (non-hydrogen) atoms. The highest BCUT2D eigenvalue weighted by Crippen LogP contribution is 2.25. The Kier molecular flexibility index (Phi) is 4.89. The molecule has 1 saturated heterocycles. The van der Waals surface area contributed by atoms with E-state index >= 15 is 0 Å². The molecule has 98 valence electrons. The van der Waals surface area contributed by atoms with Crippen LogP contribution < -0.4 is 0 Å². The van der Waals surface area contributed by atoms with Gasteiger partial charge in [-0.2, -0.15) is 0 Å². The predicted octanol–water partition coefficient (Wildman–Crippen LogP) is 0.631. The molecule has 6 heteroatoms. The highest BCUT2D eigenvalue weighted by molar-refractivity contribution is 5.67. The van der Waals surface area contributed by atoms with E-state index in [2.05, 4.69) is 0 Å². The van der Waals surface area contributed by atoms with Crippen LogP contribution in [0.15, 0.2) is 0 Å². The van der Waals surface area contributed by atoms with Gasteiger partial charge < -0.3 is 18.9 Å². The van der Waals surface area contributed by atoms with Gasteiger partial charge in [0, 0.05) is 27.4 Å². The lowest BCUT2D eigenvalue weighted by molar-refractivity contribution is -0.248. The summed E-state index contributed by atoms with van der Waals surface area (Å²) in [6.07, 6.45) is -1.63. The van der Waals surface area contributed by atoms with Gasteiger partial charge in [0.2, 0.25) is 0 Å². The Bertz CT molecular complexity index is 290. The minimum Gasteiger partial charge on any atom is -0.458 e. The van der Waals surface area contributed by atoms with Crippen LogP contribution in [0.3, 0.4) is 0 Å². The van der Waals surface area contributed by atoms with Crippen LogP contribution in [0.25, 0.3) is 0 Å². The van der Waals surface area contributed by atoms with Gasteiger partial charge in [-0.05, 0) is 6.92 Å². The van der Waals surface area contributed by atoms with E-state index in [0.29, 0.717) is 6.42 Å². The largest absolute Gasteiger partial charge is 0.458 e. The molecule has 0 aromatic rings. The second-order valence-electron chi connectivity index (χ2n) is 3.96. The molecular weight excluding hydrogens is 228 g/mol. The minimum atomic E-state index is -0.595. The average molecular weight is 246 g/mol. The Balaban J connectivity index is 2.74. The molecule has 4 atom stereocenters. The zero-order valence-electron chi connectivity index (χ0n) is 10.5. The van der Waals surface area contributed by atoms with Gasteiger partial charge in [0.05, 0.1) is 6.10 Å². The molecule has 0 aromatic heterocycles. The number of hydrogen-bond donors (Lipinski definition) is 0. The normalized spacial score (nSPS) is 32.9. The predicted molar refractivity (Wildman–Crippen MR) is 57.1 cm³/mol. The number of ether oxygens (including phenoxy) is 4. The molecule has 0 radical (unpaired) electrons. The molecule has 0 unspecified atom stereocenters. The third-order valence-corrected chi connectivity index (χ3v) is 2.50. The van der Waals surface area contributed by atoms with Crippen LogP contribution in [0.4, 0.5) is 0 Å². The Morgan fingerprint density at radius 2 is 1.76 bits per heavy atom. The molecule has 0 N–H and O–H groups in total. The van der Waals surface area contributed by atoms with Crippen molar-refractivity contribution in [2.45, 2.75) is 51.8 Å². The van der Waals surface area contributed by atoms with E-state index < -0.39 is 30.4 Å². The van der Waals surface area contributed by atoms with Gasteiger partial charge in [-0.1, -0.05) is 0 Å². The molecular formula is C11H18O6. The van der Waals surface area contributed by atoms with Gasteiger partial charge in [0.15, 0.2) is 12.4 Å². The van der Waals surface area contributed by atoms with Gasteiger partial charge in [-0.15, -0.1) is 0 Å². The van der Waals surface area contributed by atoms with Gasteiger partial charge in [-0.25, -0.2) is 0 Å². The maximum Gasteiger partial charge on any atom is 0.303 e. The highest BCUT2D eigenvalue weighted by Gasteiger charge is 2.40. The van der Waals surface area contributed by atoms with Gasteiger partial charge >= 0.3 is 11.9 Å². The lowest BCUT2D eigenvalue weighted by Gasteiger charge is -2.38. The second kappa shape index (κ2) is 5.97. The summed E-state index contributed by atoms with van der Waals surface area (Å²) in [5.41, 5.74) is 0. The standard InChI is InChI=1S/C11H18O6/c1-6-11(17-8(3)13)9(16-7(2)12)5-10(14-4)15-6/h6,9-11H,5H2,1-4H3/t6-,9-,10-,11-/m1/s1. The molecule has 0 amide bonds. The SMILES string of the molecule is CO[C@H]1C[C@@H](OC(C)=O)[C@H](OC(C)=O)[C@@H](C)O1. The third-order valence-electron chi connectivity index (χ3n) is 2.50. The fourth-order valence-electron chi connectivity index (χ4n) is 1.84. The maximum absolute atomic E-state index is 11.0. The van der Waals surface area contributed by atoms with Crippen LogP contribution in [-0.4, -0.2) is 43.7 Å². The summed E-state index contributed by atoms with van der Waals surface area (Å²) in [7, 11) is 1.51. The number of carbonyl (C=O) groups is 2. The second-order valence-corrected chi connectivity index (χ2v) is 3.96. The van der Waals surface area contributed by atoms with Crippen LogP contribution in [0.1, 0.15) is 27.2 Å². The monoisotopic (exact) mass is 246 g/mol. The van der Waals surface area contributed by atoms with Gasteiger partial charge in [0.1, 0.15) is 6.10 Å². The first-order valence-electron chi connectivity index (χ1n) is 5.46. The molecule has 1 rings (SSSR count). The Hall–Kier alpha value is -1.14. The molecule has 0 aromatic carbocycles. The molecule has 0 aliphatic carbocycles. The third kappa shape index (κ3) is 3.98. The molecule has 0 saturated carbocycles. The first-order chi connectivity index (χ1) is 7.93. The van der Waals surface area contributed by atoms with E-state index in [0.717, 1.165) is 0 Å². The summed E-state index contributed by atoms with van der Waals surface area (Å²) < 4.78 is 20.8. The van der Waals surface area contributed by atoms with Gasteiger partial charge in [0.25, 0.3) is 0 Å². The van der Waals surface area contributed by atoms with Gasteiger partial charge in [-0.3, -0.25) is 9.59 Å². The van der Waals surface area contributed by atoms with Crippen molar-refractivity contribution in [3.63, 3.8) is 0 Å². The van der Waals surface area contributed by atoms with Crippen LogP contribution in [0.5, 0.6) is 0 Å². The fraction of sp³-hybridized carbons (Fsp3) is 0.818. The van der Waals surface area contributed by atoms with Crippen LogP contribution in [0, 0.1) is 0 Å². The molecule has 1 heterocycles. The topological polar surface area (TPSA) is 71.1 Å². The minimum absolute atomic E-state index is 0.346. The lowest BCUT2D eigenvalue weighted by Crippen LogP contribution is -2.51. The van der Waals surface area contributed by atoms with Crippen molar-refractivity contribution >= 4 is 11.9 Å². The van der Waals surface area contributed by atoms with Crippen LogP contribution in [-0.2, 0) is 28.5 Å². The zero-order chi connectivity index (χ0) is 13.0. The first kappa shape index (κ1) is 13.9. The molecule has 0 bridgehead atoms. The van der Waals surface area contributed by atoms with Crippen molar-refractivity contribution in [2.75, 3.05) is 7.11 Å². The summed E-state index contributed by atoms with van der Waals surface area (Å²) in [5, 5.41) is 0. The summed E-state index contributed by atoms with van der Waals surface area (Å²) >= 11 is 0. The zero-order valence-corrected chi connectivity index (χ0v) is 10.5. The molecule has 1 fully saturated rings. The fourth-order valence-corrected chi connectivity index (χ4v) is 1.84. The molecule has 1 aliphatic rings. The Labute approximate surface area is 100 Å². The van der Waals surface area contributed by atoms with E-state index in [4.69, 9.17) is 18.9 Å². The van der Waals surface area contributed by atoms with E-state index in [9.17, 15) is 9.59 Å². The van der Waals surface area contributed by atoms with Crippen molar-refractivity contribution in [2.24, 2.45) is 0 Å². The summed E-state index contributed by atoms with van der Waals surface area (Å²) in [4.78, 5) is 22.0. The number of hydrogen-bond acceptors (Lipinski definition) is 6. The van der Waals surface area contributed by atoms with Crippen molar-refractivity contribution in [3.8, 4) is 0 Å². The number of methoxy groups -OCH3 is 1. The van der Waals surface area contributed by atoms with Crippen molar-refractivity contribution < 1.29 is 28.5 Å². The smallest absolute Gasteiger partial charge is 0.303 e.